The van der Waals surface area contributed by atoms with E-state index in [9.17, 15) is 14.7 Å². The van der Waals surface area contributed by atoms with E-state index in [-0.39, 0.29) is 11.0 Å². The fourth-order valence-electron chi connectivity index (χ4n) is 2.27. The van der Waals surface area contributed by atoms with E-state index in [2.05, 4.69) is 0 Å². The maximum Gasteiger partial charge on any atom is 0.336 e. The number of benzene rings is 2. The summed E-state index contributed by atoms with van der Waals surface area (Å²) >= 11 is 1.44. The Morgan fingerprint density at radius 3 is 2.58 bits per heavy atom. The number of carboxylic acids is 1. The van der Waals surface area contributed by atoms with Gasteiger partial charge in [-0.05, 0) is 30.7 Å². The lowest BCUT2D eigenvalue weighted by Crippen LogP contribution is -2.09. The van der Waals surface area contributed by atoms with Crippen LogP contribution in [0.25, 0.3) is 20.2 Å². The standard InChI is InChI=1S/C15H10O3S/c1-8-6-7-11-13(12(8)15(17)18)14(16)9-4-2-3-5-10(9)19-11/h2-7H,1H3,(H,17,18). The van der Waals surface area contributed by atoms with E-state index in [1.165, 1.54) is 11.3 Å². The molecule has 0 saturated heterocycles. The zero-order valence-electron chi connectivity index (χ0n) is 10.1. The van der Waals surface area contributed by atoms with E-state index < -0.39 is 5.97 Å². The molecule has 0 aliphatic rings. The third kappa shape index (κ3) is 1.72. The second-order valence-electron chi connectivity index (χ2n) is 4.36. The molecule has 0 bridgehead atoms. The zero-order chi connectivity index (χ0) is 13.6. The van der Waals surface area contributed by atoms with Crippen LogP contribution < -0.4 is 5.43 Å². The molecule has 1 heterocycles. The molecule has 0 spiro atoms. The maximum absolute atomic E-state index is 12.5. The lowest BCUT2D eigenvalue weighted by atomic mass is 10.0. The second-order valence-corrected chi connectivity index (χ2v) is 5.45. The molecular weight excluding hydrogens is 260 g/mol. The normalized spacial score (nSPS) is 11.0. The molecule has 1 aromatic heterocycles. The quantitative estimate of drug-likeness (QED) is 0.689. The first-order valence-electron chi connectivity index (χ1n) is 5.78. The van der Waals surface area contributed by atoms with Crippen molar-refractivity contribution in [2.75, 3.05) is 0 Å². The lowest BCUT2D eigenvalue weighted by Gasteiger charge is -2.06. The van der Waals surface area contributed by atoms with Gasteiger partial charge in [-0.15, -0.1) is 11.3 Å². The number of hydrogen-bond donors (Lipinski definition) is 1. The Hall–Kier alpha value is -2.20. The first-order valence-corrected chi connectivity index (χ1v) is 6.59. The predicted octanol–water partition coefficient (Wildman–Crippen LogP) is 3.42. The summed E-state index contributed by atoms with van der Waals surface area (Å²) in [6.45, 7) is 1.71. The average molecular weight is 270 g/mol. The van der Waals surface area contributed by atoms with E-state index in [1.807, 2.05) is 18.2 Å². The van der Waals surface area contributed by atoms with Gasteiger partial charge in [-0.25, -0.2) is 4.79 Å². The molecule has 0 fully saturated rings. The van der Waals surface area contributed by atoms with E-state index in [0.29, 0.717) is 21.0 Å². The van der Waals surface area contributed by atoms with E-state index in [1.54, 1.807) is 25.1 Å². The van der Waals surface area contributed by atoms with Gasteiger partial charge in [0.15, 0.2) is 5.43 Å². The van der Waals surface area contributed by atoms with Crippen molar-refractivity contribution in [1.82, 2.24) is 0 Å². The SMILES string of the molecule is Cc1ccc2sc3ccccc3c(=O)c2c1C(=O)O. The Morgan fingerprint density at radius 2 is 1.84 bits per heavy atom. The van der Waals surface area contributed by atoms with Crippen LogP contribution in [0.2, 0.25) is 0 Å². The molecule has 3 nitrogen and oxygen atoms in total. The molecule has 2 aromatic carbocycles. The Labute approximate surface area is 112 Å². The second kappa shape index (κ2) is 4.17. The first-order chi connectivity index (χ1) is 9.09. The molecule has 4 heteroatoms. The summed E-state index contributed by atoms with van der Waals surface area (Å²) < 4.78 is 1.59. The summed E-state index contributed by atoms with van der Waals surface area (Å²) in [6.07, 6.45) is 0. The zero-order valence-corrected chi connectivity index (χ0v) is 11.0. The van der Waals surface area contributed by atoms with Gasteiger partial charge >= 0.3 is 5.97 Å². The highest BCUT2D eigenvalue weighted by atomic mass is 32.1. The van der Waals surface area contributed by atoms with Gasteiger partial charge < -0.3 is 5.11 Å². The van der Waals surface area contributed by atoms with Crippen LogP contribution in [-0.2, 0) is 0 Å². The van der Waals surface area contributed by atoms with Crippen molar-refractivity contribution >= 4 is 37.5 Å². The smallest absolute Gasteiger partial charge is 0.336 e. The molecule has 0 saturated carbocycles. The number of aryl methyl sites for hydroxylation is 1. The number of aromatic carboxylic acids is 1. The third-order valence-corrected chi connectivity index (χ3v) is 4.30. The van der Waals surface area contributed by atoms with Crippen LogP contribution in [-0.4, -0.2) is 11.1 Å². The Kier molecular flexibility index (Phi) is 2.61. The molecule has 0 aliphatic heterocycles. The van der Waals surface area contributed by atoms with Gasteiger partial charge in [-0.3, -0.25) is 4.79 Å². The molecule has 0 aliphatic carbocycles. The molecule has 0 amide bonds. The van der Waals surface area contributed by atoms with Crippen LogP contribution in [0, 0.1) is 6.92 Å². The van der Waals surface area contributed by atoms with Crippen molar-refractivity contribution in [3.8, 4) is 0 Å². The van der Waals surface area contributed by atoms with Crippen molar-refractivity contribution in [3.05, 3.63) is 57.7 Å². The predicted molar refractivity (Wildman–Crippen MR) is 77.3 cm³/mol. The monoisotopic (exact) mass is 270 g/mol. The highest BCUT2D eigenvalue weighted by Crippen LogP contribution is 2.28. The summed E-state index contributed by atoms with van der Waals surface area (Å²) in [6, 6.07) is 10.8. The number of hydrogen-bond acceptors (Lipinski definition) is 3. The number of rotatable bonds is 1. The summed E-state index contributed by atoms with van der Waals surface area (Å²) in [5.74, 6) is -1.05. The summed E-state index contributed by atoms with van der Waals surface area (Å²) in [7, 11) is 0. The van der Waals surface area contributed by atoms with Crippen molar-refractivity contribution in [2.45, 2.75) is 6.92 Å². The first kappa shape index (κ1) is 11.9. The lowest BCUT2D eigenvalue weighted by molar-refractivity contribution is 0.0698. The van der Waals surface area contributed by atoms with Crippen LogP contribution in [0.5, 0.6) is 0 Å². The van der Waals surface area contributed by atoms with Crippen LogP contribution in [0.3, 0.4) is 0 Å². The van der Waals surface area contributed by atoms with Gasteiger partial charge in [-0.2, -0.15) is 0 Å². The maximum atomic E-state index is 12.5. The molecule has 3 aromatic rings. The average Bonchev–Trinajstić information content (AvgIpc) is 2.39. The van der Waals surface area contributed by atoms with Crippen molar-refractivity contribution < 1.29 is 9.90 Å². The van der Waals surface area contributed by atoms with Crippen LogP contribution in [0.4, 0.5) is 0 Å². The minimum absolute atomic E-state index is 0.115. The Balaban J connectivity index is 2.64. The van der Waals surface area contributed by atoms with Gasteiger partial charge in [-0.1, -0.05) is 18.2 Å². The van der Waals surface area contributed by atoms with Gasteiger partial charge in [0.05, 0.1) is 10.9 Å². The third-order valence-electron chi connectivity index (χ3n) is 3.17. The highest BCUT2D eigenvalue weighted by molar-refractivity contribution is 7.24. The van der Waals surface area contributed by atoms with Crippen molar-refractivity contribution in [1.29, 1.82) is 0 Å². The van der Waals surface area contributed by atoms with Crippen LogP contribution in [0.15, 0.2) is 41.2 Å². The Bertz CT molecular complexity index is 878. The fraction of sp³-hybridized carbons (Fsp3) is 0.0667. The summed E-state index contributed by atoms with van der Waals surface area (Å²) in [5, 5.41) is 10.2. The topological polar surface area (TPSA) is 54.4 Å². The number of carboxylic acid groups (broad SMARTS) is 1. The Morgan fingerprint density at radius 1 is 1.11 bits per heavy atom. The summed E-state index contributed by atoms with van der Waals surface area (Å²) in [4.78, 5) is 23.9. The molecule has 94 valence electrons. The molecule has 0 unspecified atom stereocenters. The van der Waals surface area contributed by atoms with Crippen molar-refractivity contribution in [3.63, 3.8) is 0 Å². The summed E-state index contributed by atoms with van der Waals surface area (Å²) in [5.41, 5.74) is 0.523. The van der Waals surface area contributed by atoms with Crippen LogP contribution >= 0.6 is 11.3 Å². The molecule has 0 radical (unpaired) electrons. The molecule has 19 heavy (non-hydrogen) atoms. The van der Waals surface area contributed by atoms with E-state index in [0.717, 1.165) is 4.70 Å². The largest absolute Gasteiger partial charge is 0.478 e. The van der Waals surface area contributed by atoms with E-state index in [4.69, 9.17) is 0 Å². The van der Waals surface area contributed by atoms with E-state index >= 15 is 0 Å². The molecule has 3 rings (SSSR count). The minimum Gasteiger partial charge on any atom is -0.478 e. The van der Waals surface area contributed by atoms with Gasteiger partial charge in [0.2, 0.25) is 0 Å². The minimum atomic E-state index is -1.05. The highest BCUT2D eigenvalue weighted by Gasteiger charge is 2.16. The van der Waals surface area contributed by atoms with Gasteiger partial charge in [0.1, 0.15) is 0 Å². The van der Waals surface area contributed by atoms with Crippen molar-refractivity contribution in [2.24, 2.45) is 0 Å². The van der Waals surface area contributed by atoms with Gasteiger partial charge in [0, 0.05) is 14.8 Å². The molecular formula is C15H10O3S. The fourth-order valence-corrected chi connectivity index (χ4v) is 3.36. The van der Waals surface area contributed by atoms with Gasteiger partial charge in [0.25, 0.3) is 0 Å². The number of carbonyl (C=O) groups is 1. The van der Waals surface area contributed by atoms with Crippen LogP contribution in [0.1, 0.15) is 15.9 Å². The molecule has 1 N–H and O–H groups in total. The molecule has 0 atom stereocenters. The number of fused-ring (bicyclic) bond motifs is 2.